The Balaban J connectivity index is 2.02. The van der Waals surface area contributed by atoms with Crippen molar-refractivity contribution in [2.24, 2.45) is 0 Å². The van der Waals surface area contributed by atoms with E-state index in [1.165, 1.54) is 30.5 Å². The van der Waals surface area contributed by atoms with Gasteiger partial charge in [0, 0.05) is 24.4 Å². The molecule has 0 fully saturated rings. The Morgan fingerprint density at radius 1 is 1.26 bits per heavy atom. The average molecular weight is 283 g/mol. The molecule has 1 N–H and O–H groups in total. The number of amides is 1. The smallest absolute Gasteiger partial charge is 0.251 e. The third-order valence-electron chi connectivity index (χ3n) is 2.43. The molecule has 0 unspecified atom stereocenters. The van der Waals surface area contributed by atoms with Crippen LogP contribution >= 0.6 is 11.6 Å². The second kappa shape index (κ2) is 5.75. The van der Waals surface area contributed by atoms with Crippen molar-refractivity contribution < 1.29 is 13.6 Å². The van der Waals surface area contributed by atoms with Gasteiger partial charge in [-0.1, -0.05) is 17.7 Å². The molecule has 0 atom stereocenters. The molecule has 0 aliphatic carbocycles. The molecule has 3 nitrogen and oxygen atoms in total. The molecule has 0 aliphatic heterocycles. The van der Waals surface area contributed by atoms with Crippen molar-refractivity contribution in [3.8, 4) is 0 Å². The highest BCUT2D eigenvalue weighted by Crippen LogP contribution is 2.15. The SMILES string of the molecule is O=C(NCc1ccc(F)c(Cl)c1)c1ccnc(F)c1. The molecular formula is C13H9ClF2N2O. The minimum absolute atomic E-state index is 0.0123. The normalized spacial score (nSPS) is 10.3. The summed E-state index contributed by atoms with van der Waals surface area (Å²) in [6.07, 6.45) is 1.21. The minimum atomic E-state index is -0.725. The maximum Gasteiger partial charge on any atom is 0.251 e. The summed E-state index contributed by atoms with van der Waals surface area (Å²) in [5, 5.41) is 2.56. The van der Waals surface area contributed by atoms with Crippen molar-refractivity contribution in [1.82, 2.24) is 10.3 Å². The van der Waals surface area contributed by atoms with Gasteiger partial charge in [-0.15, -0.1) is 0 Å². The molecule has 19 heavy (non-hydrogen) atoms. The number of hydrogen-bond acceptors (Lipinski definition) is 2. The van der Waals surface area contributed by atoms with E-state index in [-0.39, 0.29) is 17.1 Å². The summed E-state index contributed by atoms with van der Waals surface area (Å²) in [7, 11) is 0. The first-order valence-electron chi connectivity index (χ1n) is 5.40. The van der Waals surface area contributed by atoms with E-state index in [4.69, 9.17) is 11.6 Å². The van der Waals surface area contributed by atoms with E-state index >= 15 is 0 Å². The highest BCUT2D eigenvalue weighted by atomic mass is 35.5. The maximum absolute atomic E-state index is 12.9. The van der Waals surface area contributed by atoms with Gasteiger partial charge >= 0.3 is 0 Å². The van der Waals surface area contributed by atoms with E-state index in [0.717, 1.165) is 6.07 Å². The quantitative estimate of drug-likeness (QED) is 0.880. The number of rotatable bonds is 3. The number of aromatic nitrogens is 1. The largest absolute Gasteiger partial charge is 0.348 e. The Kier molecular flexibility index (Phi) is 4.06. The first-order chi connectivity index (χ1) is 9.06. The van der Waals surface area contributed by atoms with Gasteiger partial charge in [-0.2, -0.15) is 4.39 Å². The monoisotopic (exact) mass is 282 g/mol. The molecule has 1 aromatic carbocycles. The van der Waals surface area contributed by atoms with Crippen LogP contribution in [0.2, 0.25) is 5.02 Å². The van der Waals surface area contributed by atoms with Crippen LogP contribution in [0.4, 0.5) is 8.78 Å². The number of pyridine rings is 1. The van der Waals surface area contributed by atoms with Crippen LogP contribution in [0.15, 0.2) is 36.5 Å². The lowest BCUT2D eigenvalue weighted by molar-refractivity contribution is 0.0950. The van der Waals surface area contributed by atoms with E-state index in [1.807, 2.05) is 0 Å². The van der Waals surface area contributed by atoms with Gasteiger partial charge in [0.05, 0.1) is 5.02 Å². The van der Waals surface area contributed by atoms with Crippen LogP contribution < -0.4 is 5.32 Å². The van der Waals surface area contributed by atoms with E-state index < -0.39 is 17.7 Å². The van der Waals surface area contributed by atoms with Gasteiger partial charge in [-0.25, -0.2) is 9.37 Å². The van der Waals surface area contributed by atoms with Crippen LogP contribution in [-0.4, -0.2) is 10.9 Å². The summed E-state index contributed by atoms with van der Waals surface area (Å²) < 4.78 is 25.8. The van der Waals surface area contributed by atoms with Gasteiger partial charge in [0.25, 0.3) is 5.91 Å². The lowest BCUT2D eigenvalue weighted by atomic mass is 10.2. The molecule has 98 valence electrons. The Morgan fingerprint density at radius 3 is 2.74 bits per heavy atom. The minimum Gasteiger partial charge on any atom is -0.348 e. The first kappa shape index (κ1) is 13.4. The molecule has 0 aliphatic rings. The highest BCUT2D eigenvalue weighted by molar-refractivity contribution is 6.30. The van der Waals surface area contributed by atoms with E-state index in [1.54, 1.807) is 0 Å². The lowest BCUT2D eigenvalue weighted by Crippen LogP contribution is -2.23. The molecule has 2 rings (SSSR count). The fourth-order valence-electron chi connectivity index (χ4n) is 1.48. The topological polar surface area (TPSA) is 42.0 Å². The zero-order valence-electron chi connectivity index (χ0n) is 9.66. The van der Waals surface area contributed by atoms with Crippen LogP contribution in [0, 0.1) is 11.8 Å². The average Bonchev–Trinajstić information content (AvgIpc) is 2.40. The fourth-order valence-corrected chi connectivity index (χ4v) is 1.68. The summed E-state index contributed by atoms with van der Waals surface area (Å²) in [5.41, 5.74) is 0.815. The molecular weight excluding hydrogens is 274 g/mol. The lowest BCUT2D eigenvalue weighted by Gasteiger charge is -2.06. The van der Waals surface area contributed by atoms with Crippen LogP contribution in [0.1, 0.15) is 15.9 Å². The van der Waals surface area contributed by atoms with Crippen LogP contribution in [0.5, 0.6) is 0 Å². The van der Waals surface area contributed by atoms with Gasteiger partial charge < -0.3 is 5.32 Å². The molecule has 0 spiro atoms. The molecule has 0 saturated carbocycles. The fraction of sp³-hybridized carbons (Fsp3) is 0.0769. The number of hydrogen-bond donors (Lipinski definition) is 1. The zero-order chi connectivity index (χ0) is 13.8. The first-order valence-corrected chi connectivity index (χ1v) is 5.78. The van der Waals surface area contributed by atoms with Crippen molar-refractivity contribution in [2.75, 3.05) is 0 Å². The molecule has 0 radical (unpaired) electrons. The summed E-state index contributed by atoms with van der Waals surface area (Å²) in [4.78, 5) is 15.1. The van der Waals surface area contributed by atoms with Crippen molar-refractivity contribution in [3.63, 3.8) is 0 Å². The molecule has 6 heteroatoms. The Hall–Kier alpha value is -2.01. The Bertz CT molecular complexity index is 619. The van der Waals surface area contributed by atoms with E-state index in [0.29, 0.717) is 5.56 Å². The van der Waals surface area contributed by atoms with Crippen LogP contribution in [0.3, 0.4) is 0 Å². The summed E-state index contributed by atoms with van der Waals surface area (Å²) >= 11 is 5.62. The van der Waals surface area contributed by atoms with E-state index in [2.05, 4.69) is 10.3 Å². The third kappa shape index (κ3) is 3.48. The van der Waals surface area contributed by atoms with Crippen LogP contribution in [-0.2, 0) is 6.54 Å². The molecule has 1 aromatic heterocycles. The summed E-state index contributed by atoms with van der Waals surface area (Å²) in [6.45, 7) is 0.169. The predicted octanol–water partition coefficient (Wildman–Crippen LogP) is 2.94. The van der Waals surface area contributed by atoms with Gasteiger partial charge in [0.1, 0.15) is 5.82 Å². The standard InChI is InChI=1S/C13H9ClF2N2O/c14-10-5-8(1-2-11(10)15)7-18-13(19)9-3-4-17-12(16)6-9/h1-6H,7H2,(H,18,19). The highest BCUT2D eigenvalue weighted by Gasteiger charge is 2.07. The molecule has 0 saturated heterocycles. The van der Waals surface area contributed by atoms with Crippen molar-refractivity contribution in [2.45, 2.75) is 6.54 Å². The van der Waals surface area contributed by atoms with E-state index in [9.17, 15) is 13.6 Å². The summed E-state index contributed by atoms with van der Waals surface area (Å²) in [6, 6.07) is 6.58. The van der Waals surface area contributed by atoms with Crippen molar-refractivity contribution in [3.05, 3.63) is 64.4 Å². The number of carbonyl (C=O) groups excluding carboxylic acids is 1. The van der Waals surface area contributed by atoms with Crippen molar-refractivity contribution in [1.29, 1.82) is 0 Å². The summed E-state index contributed by atoms with van der Waals surface area (Å²) in [5.74, 6) is -1.69. The number of benzene rings is 1. The van der Waals surface area contributed by atoms with Gasteiger partial charge in [0.2, 0.25) is 5.95 Å². The number of carbonyl (C=O) groups is 1. The molecule has 2 aromatic rings. The second-order valence-electron chi connectivity index (χ2n) is 3.80. The Morgan fingerprint density at radius 2 is 2.05 bits per heavy atom. The number of nitrogens with zero attached hydrogens (tertiary/aromatic N) is 1. The van der Waals surface area contributed by atoms with Gasteiger partial charge in [-0.3, -0.25) is 4.79 Å². The van der Waals surface area contributed by atoms with Crippen molar-refractivity contribution >= 4 is 17.5 Å². The van der Waals surface area contributed by atoms with Crippen LogP contribution in [0.25, 0.3) is 0 Å². The van der Waals surface area contributed by atoms with Gasteiger partial charge in [0.15, 0.2) is 0 Å². The number of nitrogens with one attached hydrogen (secondary N) is 1. The molecule has 1 heterocycles. The molecule has 1 amide bonds. The second-order valence-corrected chi connectivity index (χ2v) is 4.21. The van der Waals surface area contributed by atoms with Gasteiger partial charge in [-0.05, 0) is 23.8 Å². The maximum atomic E-state index is 12.9. The molecule has 0 bridgehead atoms. The third-order valence-corrected chi connectivity index (χ3v) is 2.72. The predicted molar refractivity (Wildman–Crippen MR) is 66.8 cm³/mol. The number of halogens is 3. The Labute approximate surface area is 113 Å². The zero-order valence-corrected chi connectivity index (χ0v) is 10.4.